The minimum absolute atomic E-state index is 0.0158. The molecule has 0 spiro atoms. The van der Waals surface area contributed by atoms with Crippen molar-refractivity contribution in [1.29, 1.82) is 0 Å². The number of Topliss-reactive ketones (excluding diaryl/α,β-unsaturated/α-hetero) is 4. The van der Waals surface area contributed by atoms with Crippen molar-refractivity contribution < 1.29 is 62.1 Å². The van der Waals surface area contributed by atoms with Gasteiger partial charge in [-0.15, -0.1) is 0 Å². The molecule has 0 aliphatic rings. The number of guanidine groups is 4. The average Bonchev–Trinajstić information content (AvgIpc) is 1.02. The average molecular weight is 1290 g/mol. The van der Waals surface area contributed by atoms with Gasteiger partial charge in [-0.3, -0.25) is 63.1 Å². The normalized spacial score (nSPS) is 12.0. The Morgan fingerprint density at radius 1 is 0.376 bits per heavy atom. The number of carbonyl (C=O) groups is 9. The number of nitrogens with one attached hydrogen (secondary N) is 4. The molecule has 4 atom stereocenters. The highest BCUT2D eigenvalue weighted by Gasteiger charge is 2.29. The monoisotopic (exact) mass is 1290 g/mol. The Bertz CT molecular complexity index is 3430. The number of ketones is 4. The second-order valence-electron chi connectivity index (χ2n) is 21.6. The summed E-state index contributed by atoms with van der Waals surface area (Å²) >= 11 is 0. The van der Waals surface area contributed by atoms with Crippen molar-refractivity contribution >= 4 is 76.5 Å². The Morgan fingerprint density at radius 2 is 0.656 bits per heavy atom. The highest BCUT2D eigenvalue weighted by Crippen LogP contribution is 2.26. The van der Waals surface area contributed by atoms with E-state index in [0.29, 0.717) is 41.6 Å². The lowest BCUT2D eigenvalue weighted by atomic mass is 9.96. The molecule has 0 unspecified atom stereocenters. The van der Waals surface area contributed by atoms with Crippen LogP contribution in [0.3, 0.4) is 0 Å². The maximum atomic E-state index is 14.5. The van der Waals surface area contributed by atoms with Gasteiger partial charge in [-0.2, -0.15) is 0 Å². The summed E-state index contributed by atoms with van der Waals surface area (Å²) in [4.78, 5) is 140. The topological polar surface area (TPSA) is 522 Å². The Kier molecular flexibility index (Phi) is 30.5. The molecule has 4 rings (SSSR count). The van der Waals surface area contributed by atoms with E-state index in [-0.39, 0.29) is 171 Å². The largest absolute Gasteiger partial charge is 0.496 e. The molecule has 0 saturated heterocycles. The van der Waals surface area contributed by atoms with Crippen LogP contribution in [0.2, 0.25) is 0 Å². The number of rotatable bonds is 41. The first-order valence-corrected chi connectivity index (χ1v) is 29.8. The minimum atomic E-state index is -1.19. The molecule has 30 heteroatoms. The number of hydrogen-bond acceptors (Lipinski definition) is 17. The lowest BCUT2D eigenvalue weighted by Crippen LogP contribution is -2.42. The number of ether oxygens (including phenoxy) is 4. The first kappa shape index (κ1) is 74.7. The number of aliphatic imine (C=N–C) groups is 4. The lowest BCUT2D eigenvalue weighted by molar-refractivity contribution is -0.127. The summed E-state index contributed by atoms with van der Waals surface area (Å²) in [5.41, 5.74) is 51.2. The maximum absolute atomic E-state index is 14.5. The van der Waals surface area contributed by atoms with E-state index in [0.717, 1.165) is 0 Å². The quantitative estimate of drug-likeness (QED) is 0.0155. The van der Waals surface area contributed by atoms with E-state index in [4.69, 9.17) is 70.6 Å². The van der Waals surface area contributed by atoms with Crippen LogP contribution in [0.25, 0.3) is 0 Å². The number of carbonyl (C=O) groups excluding carboxylic acids is 9. The lowest BCUT2D eigenvalue weighted by Gasteiger charge is -2.21. The Balaban J connectivity index is 1.59. The highest BCUT2D eigenvalue weighted by atomic mass is 16.5. The van der Waals surface area contributed by atoms with E-state index < -0.39 is 65.1 Å². The third-order valence-corrected chi connectivity index (χ3v) is 14.5. The van der Waals surface area contributed by atoms with Crippen molar-refractivity contribution in [3.05, 3.63) is 117 Å². The van der Waals surface area contributed by atoms with Gasteiger partial charge >= 0.3 is 0 Å². The molecule has 0 radical (unpaired) electrons. The molecular formula is C63H87N17O13. The Hall–Kier alpha value is -10.8. The molecule has 4 aromatic rings. The standard InChI is InChI=1S/C63H87N17O13/c1-35(77-55(85)14-6-7-23-73-60(65)66)47(81)31-37-16-20-52(91-3)41(28-37)57(87)79-45(12-9-25-75-62(69)70)49(83)33-39-18-22-54(93-5)43(30-39)59(89)80-46(13-10-26-76-63(71)72)50(84)34-38-17-21-53(92-4)42(29-38)58(88)78-44(11-8-24-74-61(67)68)48(82)32-36-15-19-51(90-2)40(27-36)56(64)86/h15-22,27-30,35,44-46H,6-14,23-26,31-34H2,1-5H3,(H2,64,86)(H,77,85)(H,78,88)(H,79,87)(H,80,89)(H4,65,66,73)(H4,67,68,74)(H4,69,70,75)(H4,71,72,76)/t35-,44-,45-,46-/m1/s1. The summed E-state index contributed by atoms with van der Waals surface area (Å²) in [5.74, 6) is -5.03. The third kappa shape index (κ3) is 25.2. The van der Waals surface area contributed by atoms with Gasteiger partial charge in [-0.05, 0) is 129 Å². The molecular weight excluding hydrogens is 1200 g/mol. The summed E-state index contributed by atoms with van der Waals surface area (Å²) in [6, 6.07) is 13.8. The highest BCUT2D eigenvalue weighted by molar-refractivity contribution is 6.04. The molecule has 502 valence electrons. The van der Waals surface area contributed by atoms with Gasteiger partial charge in [0.25, 0.3) is 23.6 Å². The zero-order valence-corrected chi connectivity index (χ0v) is 53.1. The Labute approximate surface area is 539 Å². The molecule has 0 saturated carbocycles. The fourth-order valence-corrected chi connectivity index (χ4v) is 9.67. The molecule has 0 aliphatic carbocycles. The molecule has 0 heterocycles. The van der Waals surface area contributed by atoms with Crippen LogP contribution in [-0.4, -0.2) is 155 Å². The zero-order chi connectivity index (χ0) is 68.7. The van der Waals surface area contributed by atoms with Crippen LogP contribution in [0, 0.1) is 0 Å². The van der Waals surface area contributed by atoms with Crippen LogP contribution in [0.4, 0.5) is 0 Å². The predicted octanol–water partition coefficient (Wildman–Crippen LogP) is -0.229. The van der Waals surface area contributed by atoms with Gasteiger partial charge in [-0.25, -0.2) is 0 Å². The fourth-order valence-electron chi connectivity index (χ4n) is 9.67. The summed E-state index contributed by atoms with van der Waals surface area (Å²) < 4.78 is 21.9. The number of primary amides is 1. The molecule has 4 aromatic carbocycles. The molecule has 0 aromatic heterocycles. The van der Waals surface area contributed by atoms with E-state index in [1.807, 2.05) is 0 Å². The van der Waals surface area contributed by atoms with Gasteiger partial charge in [0.05, 0.1) is 74.9 Å². The van der Waals surface area contributed by atoms with E-state index in [2.05, 4.69) is 41.2 Å². The number of hydrogen-bond donors (Lipinski definition) is 13. The number of nitrogens with zero attached hydrogens (tertiary/aromatic N) is 4. The van der Waals surface area contributed by atoms with Crippen molar-refractivity contribution in [3.63, 3.8) is 0 Å². The van der Waals surface area contributed by atoms with Crippen LogP contribution >= 0.6 is 0 Å². The van der Waals surface area contributed by atoms with Crippen molar-refractivity contribution in [2.75, 3.05) is 54.6 Å². The summed E-state index contributed by atoms with van der Waals surface area (Å²) in [6.45, 7) is 2.28. The molecule has 0 bridgehead atoms. The first-order chi connectivity index (χ1) is 44.3. The van der Waals surface area contributed by atoms with Crippen LogP contribution in [0.15, 0.2) is 92.8 Å². The molecule has 0 fully saturated rings. The second kappa shape index (κ2) is 38.0. The van der Waals surface area contributed by atoms with Gasteiger partial charge in [0.15, 0.2) is 47.0 Å². The number of benzene rings is 4. The van der Waals surface area contributed by atoms with Crippen molar-refractivity contribution in [1.82, 2.24) is 21.3 Å². The fraction of sp³-hybridized carbons (Fsp3) is 0.413. The van der Waals surface area contributed by atoms with Crippen molar-refractivity contribution in [3.8, 4) is 23.0 Å². The summed E-state index contributed by atoms with van der Waals surface area (Å²) in [5, 5.41) is 11.1. The van der Waals surface area contributed by atoms with Crippen molar-refractivity contribution in [2.45, 2.75) is 115 Å². The number of amides is 5. The first-order valence-electron chi connectivity index (χ1n) is 29.8. The predicted molar refractivity (Wildman–Crippen MR) is 351 cm³/mol. The van der Waals surface area contributed by atoms with Crippen LogP contribution in [0.1, 0.15) is 128 Å². The molecule has 93 heavy (non-hydrogen) atoms. The van der Waals surface area contributed by atoms with E-state index in [1.165, 1.54) is 77.0 Å². The minimum Gasteiger partial charge on any atom is -0.496 e. The van der Waals surface area contributed by atoms with Crippen molar-refractivity contribution in [2.24, 2.45) is 71.6 Å². The maximum Gasteiger partial charge on any atom is 0.255 e. The van der Waals surface area contributed by atoms with Gasteiger partial charge in [0.1, 0.15) is 23.0 Å². The third-order valence-electron chi connectivity index (χ3n) is 14.5. The molecule has 30 nitrogen and oxygen atoms in total. The van der Waals surface area contributed by atoms with Gasteiger partial charge in [-0.1, -0.05) is 24.3 Å². The van der Waals surface area contributed by atoms with E-state index >= 15 is 0 Å². The molecule has 0 aliphatic heterocycles. The molecule has 5 amide bonds. The van der Waals surface area contributed by atoms with Crippen LogP contribution in [-0.2, 0) is 49.7 Å². The molecule has 22 N–H and O–H groups in total. The Morgan fingerprint density at radius 3 is 0.946 bits per heavy atom. The van der Waals surface area contributed by atoms with E-state index in [9.17, 15) is 43.2 Å². The van der Waals surface area contributed by atoms with Gasteiger partial charge < -0.3 is 91.8 Å². The van der Waals surface area contributed by atoms with Crippen LogP contribution in [0.5, 0.6) is 23.0 Å². The van der Waals surface area contributed by atoms with E-state index in [1.54, 1.807) is 31.2 Å². The zero-order valence-electron chi connectivity index (χ0n) is 53.1. The number of nitrogens with two attached hydrogens (primary N) is 9. The van der Waals surface area contributed by atoms with Gasteiger partial charge in [0, 0.05) is 58.3 Å². The second-order valence-corrected chi connectivity index (χ2v) is 21.6. The summed E-state index contributed by atoms with van der Waals surface area (Å²) in [7, 11) is 5.40. The van der Waals surface area contributed by atoms with Gasteiger partial charge in [0.2, 0.25) is 5.91 Å². The number of methoxy groups -OCH3 is 4. The number of unbranched alkanes of at least 4 members (excludes halogenated alkanes) is 1. The van der Waals surface area contributed by atoms with Crippen LogP contribution < -0.4 is 91.8 Å². The summed E-state index contributed by atoms with van der Waals surface area (Å²) in [6.07, 6.45) is 1.17. The SMILES string of the molecule is COc1ccc(CC(=O)[C@@H](CCCN=C(N)N)NC(=O)c2cc(CC(=O)[C@@H](CCCN=C(N)N)NC(=O)c3cc(CC(=O)[C@@H](CCCN=C(N)N)NC(=O)c4cc(CC(=O)[C@@H](C)NC(=O)CCCCN=C(N)N)ccc4OC)ccc3OC)ccc2OC)cc1C(N)=O. The smallest absolute Gasteiger partial charge is 0.255 e.